The van der Waals surface area contributed by atoms with Gasteiger partial charge in [0.1, 0.15) is 0 Å². The maximum Gasteiger partial charge on any atom is 0.256 e. The van der Waals surface area contributed by atoms with Crippen LogP contribution in [0, 0.1) is 17.8 Å². The highest BCUT2D eigenvalue weighted by Crippen LogP contribution is 2.48. The van der Waals surface area contributed by atoms with Gasteiger partial charge in [-0.25, -0.2) is 0 Å². The maximum atomic E-state index is 6.55. The number of halogens is 2. The Labute approximate surface area is 117 Å². The Kier molecular flexibility index (Phi) is 4.84. The monoisotopic (exact) mass is 293 g/mol. The molecule has 1 aliphatic carbocycles. The molecule has 0 aromatic rings. The summed E-state index contributed by atoms with van der Waals surface area (Å²) in [5, 5.41) is 3.88. The highest BCUT2D eigenvalue weighted by Gasteiger charge is 2.53. The molecule has 1 heterocycles. The van der Waals surface area contributed by atoms with Gasteiger partial charge in [0.25, 0.3) is 7.42 Å². The molecule has 0 bridgehead atoms. The van der Waals surface area contributed by atoms with Crippen molar-refractivity contribution >= 4 is 29.6 Å². The van der Waals surface area contributed by atoms with Crippen molar-refractivity contribution in [1.82, 2.24) is 5.32 Å². The first-order valence-corrected chi connectivity index (χ1v) is 11.2. The zero-order valence-electron chi connectivity index (χ0n) is 11.0. The Morgan fingerprint density at radius 2 is 2.00 bits per heavy atom. The fourth-order valence-electron chi connectivity index (χ4n) is 4.12. The van der Waals surface area contributed by atoms with Gasteiger partial charge in [-0.15, -0.1) is 22.2 Å². The van der Waals surface area contributed by atoms with Crippen LogP contribution in [0.5, 0.6) is 0 Å². The van der Waals surface area contributed by atoms with Crippen molar-refractivity contribution in [3.63, 3.8) is 0 Å². The quantitative estimate of drug-likeness (QED) is 0.616. The second-order valence-corrected chi connectivity index (χ2v) is 10.8. The molecule has 0 aromatic heterocycles. The minimum Gasteiger partial charge on any atom is -0.311 e. The van der Waals surface area contributed by atoms with E-state index in [1.807, 2.05) is 0 Å². The van der Waals surface area contributed by atoms with E-state index in [2.05, 4.69) is 19.2 Å². The standard InChI is InChI=1S/C13H25Cl2NSi/c1-3-10(2)13(17(14)15)12-7-5-4-6-11(12)8-9-16-13/h10-12,16-17H,3-9H2,1-2H3. The van der Waals surface area contributed by atoms with Crippen LogP contribution in [0.25, 0.3) is 0 Å². The lowest BCUT2D eigenvalue weighted by molar-refractivity contribution is 0.0729. The van der Waals surface area contributed by atoms with Crippen LogP contribution in [-0.4, -0.2) is 19.1 Å². The van der Waals surface area contributed by atoms with E-state index in [1.54, 1.807) is 0 Å². The van der Waals surface area contributed by atoms with Gasteiger partial charge < -0.3 is 5.32 Å². The van der Waals surface area contributed by atoms with Crippen LogP contribution in [0.15, 0.2) is 0 Å². The van der Waals surface area contributed by atoms with Gasteiger partial charge >= 0.3 is 0 Å². The fourth-order valence-corrected chi connectivity index (χ4v) is 8.57. The van der Waals surface area contributed by atoms with Gasteiger partial charge in [-0.2, -0.15) is 0 Å². The number of rotatable bonds is 3. The van der Waals surface area contributed by atoms with Gasteiger partial charge in [-0.05, 0) is 37.1 Å². The van der Waals surface area contributed by atoms with Crippen LogP contribution in [0.2, 0.25) is 0 Å². The summed E-state index contributed by atoms with van der Waals surface area (Å²) in [5.74, 6) is 2.23. The molecule has 2 aliphatic rings. The summed E-state index contributed by atoms with van der Waals surface area (Å²) < 4.78 is 0. The molecule has 4 unspecified atom stereocenters. The first-order chi connectivity index (χ1) is 8.13. The topological polar surface area (TPSA) is 12.0 Å². The third-order valence-corrected chi connectivity index (χ3v) is 9.35. The van der Waals surface area contributed by atoms with Gasteiger partial charge in [0.2, 0.25) is 0 Å². The Balaban J connectivity index is 2.28. The van der Waals surface area contributed by atoms with E-state index in [9.17, 15) is 0 Å². The Morgan fingerprint density at radius 1 is 1.29 bits per heavy atom. The zero-order valence-corrected chi connectivity index (χ0v) is 13.7. The van der Waals surface area contributed by atoms with Gasteiger partial charge in [-0.3, -0.25) is 0 Å². The molecule has 2 fully saturated rings. The van der Waals surface area contributed by atoms with Crippen LogP contribution in [0.1, 0.15) is 52.4 Å². The molecule has 100 valence electrons. The SMILES string of the molecule is CCC(C)C1([SiH](Cl)Cl)NCCC2CCCCC21. The molecule has 1 saturated heterocycles. The van der Waals surface area contributed by atoms with E-state index in [-0.39, 0.29) is 5.16 Å². The molecular formula is C13H25Cl2NSi. The highest BCUT2D eigenvalue weighted by molar-refractivity contribution is 7.35. The Morgan fingerprint density at radius 3 is 2.65 bits per heavy atom. The first-order valence-electron chi connectivity index (χ1n) is 7.16. The van der Waals surface area contributed by atoms with E-state index in [0.717, 1.165) is 18.4 Å². The molecule has 17 heavy (non-hydrogen) atoms. The lowest BCUT2D eigenvalue weighted by atomic mass is 9.68. The van der Waals surface area contributed by atoms with Crippen molar-refractivity contribution in [2.75, 3.05) is 6.54 Å². The van der Waals surface area contributed by atoms with Gasteiger partial charge in [0, 0.05) is 5.16 Å². The largest absolute Gasteiger partial charge is 0.311 e. The van der Waals surface area contributed by atoms with E-state index in [0.29, 0.717) is 5.92 Å². The number of piperidine rings is 1. The summed E-state index contributed by atoms with van der Waals surface area (Å²) in [7, 11) is -1.72. The average molecular weight is 294 g/mol. The predicted octanol–water partition coefficient (Wildman–Crippen LogP) is 3.81. The molecule has 4 atom stereocenters. The van der Waals surface area contributed by atoms with Crippen molar-refractivity contribution in [1.29, 1.82) is 0 Å². The van der Waals surface area contributed by atoms with Gasteiger partial charge in [0.15, 0.2) is 0 Å². The van der Waals surface area contributed by atoms with Crippen LogP contribution >= 0.6 is 22.2 Å². The second kappa shape index (κ2) is 5.81. The lowest BCUT2D eigenvalue weighted by Crippen LogP contribution is -2.67. The number of hydrogen-bond acceptors (Lipinski definition) is 1. The molecule has 1 aliphatic heterocycles. The van der Waals surface area contributed by atoms with E-state index >= 15 is 0 Å². The number of fused-ring (bicyclic) bond motifs is 1. The van der Waals surface area contributed by atoms with Crippen LogP contribution in [0.3, 0.4) is 0 Å². The predicted molar refractivity (Wildman–Crippen MR) is 79.1 cm³/mol. The lowest BCUT2D eigenvalue weighted by Gasteiger charge is -2.54. The molecule has 0 radical (unpaired) electrons. The Bertz CT molecular complexity index is 260. The zero-order chi connectivity index (χ0) is 12.5. The van der Waals surface area contributed by atoms with Crippen molar-refractivity contribution in [2.24, 2.45) is 17.8 Å². The summed E-state index contributed by atoms with van der Waals surface area (Å²) >= 11 is 13.1. The summed E-state index contributed by atoms with van der Waals surface area (Å²) in [6, 6.07) is 0. The molecule has 4 heteroatoms. The second-order valence-electron chi connectivity index (χ2n) is 5.91. The normalized spacial score (nSPS) is 40.1. The molecule has 0 spiro atoms. The molecule has 1 N–H and O–H groups in total. The third-order valence-electron chi connectivity index (χ3n) is 5.26. The van der Waals surface area contributed by atoms with E-state index in [1.165, 1.54) is 38.5 Å². The first kappa shape index (κ1) is 14.2. The summed E-state index contributed by atoms with van der Waals surface area (Å²) in [6.45, 7) is 5.73. The number of nitrogens with one attached hydrogen (secondary N) is 1. The Hall–Kier alpha value is 0.757. The summed E-state index contributed by atoms with van der Waals surface area (Å²) in [6.07, 6.45) is 8.03. The molecule has 0 aromatic carbocycles. The third kappa shape index (κ3) is 2.43. The minimum absolute atomic E-state index is 0.0984. The van der Waals surface area contributed by atoms with Crippen LogP contribution in [-0.2, 0) is 0 Å². The van der Waals surface area contributed by atoms with Crippen molar-refractivity contribution in [3.8, 4) is 0 Å². The highest BCUT2D eigenvalue weighted by atomic mass is 35.7. The van der Waals surface area contributed by atoms with E-state index < -0.39 is 7.42 Å². The van der Waals surface area contributed by atoms with Crippen molar-refractivity contribution < 1.29 is 0 Å². The summed E-state index contributed by atoms with van der Waals surface area (Å²) in [5.41, 5.74) is 0. The van der Waals surface area contributed by atoms with Crippen LogP contribution in [0.4, 0.5) is 0 Å². The average Bonchev–Trinajstić information content (AvgIpc) is 2.36. The molecule has 1 nitrogen and oxygen atoms in total. The fraction of sp³-hybridized carbons (Fsp3) is 1.00. The number of hydrogen-bond donors (Lipinski definition) is 1. The molecule has 1 saturated carbocycles. The van der Waals surface area contributed by atoms with Crippen molar-refractivity contribution in [3.05, 3.63) is 0 Å². The summed E-state index contributed by atoms with van der Waals surface area (Å²) in [4.78, 5) is 0. The minimum atomic E-state index is -1.72. The smallest absolute Gasteiger partial charge is 0.256 e. The van der Waals surface area contributed by atoms with Crippen molar-refractivity contribution in [2.45, 2.75) is 57.5 Å². The molecule has 2 rings (SSSR count). The molecular weight excluding hydrogens is 269 g/mol. The van der Waals surface area contributed by atoms with Gasteiger partial charge in [0.05, 0.1) is 0 Å². The molecule has 0 amide bonds. The maximum absolute atomic E-state index is 6.55. The van der Waals surface area contributed by atoms with Gasteiger partial charge in [-0.1, -0.05) is 39.5 Å². The van der Waals surface area contributed by atoms with Crippen LogP contribution < -0.4 is 5.32 Å². The van der Waals surface area contributed by atoms with E-state index in [4.69, 9.17) is 22.2 Å².